The predicted octanol–water partition coefficient (Wildman–Crippen LogP) is 2.63. The van der Waals surface area contributed by atoms with Crippen LogP contribution in [0.15, 0.2) is 0 Å². The van der Waals surface area contributed by atoms with Gasteiger partial charge in [0.2, 0.25) is 0 Å². The number of hydrogen-bond acceptors (Lipinski definition) is 3. The molecule has 0 bridgehead atoms. The van der Waals surface area contributed by atoms with Crippen LogP contribution >= 0.6 is 0 Å². The summed E-state index contributed by atoms with van der Waals surface area (Å²) < 4.78 is 16.4. The zero-order valence-corrected chi connectivity index (χ0v) is 11.1. The van der Waals surface area contributed by atoms with E-state index in [1.165, 1.54) is 0 Å². The summed E-state index contributed by atoms with van der Waals surface area (Å²) in [5.74, 6) is 0. The van der Waals surface area contributed by atoms with Gasteiger partial charge in [0.05, 0.1) is 37.6 Å². The lowest BCUT2D eigenvalue weighted by atomic mass is 10.2. The van der Waals surface area contributed by atoms with E-state index in [1.807, 2.05) is 41.5 Å². The second kappa shape index (κ2) is 6.46. The first-order chi connectivity index (χ1) is 6.71. The summed E-state index contributed by atoms with van der Waals surface area (Å²) in [6.45, 7) is 14.8. The van der Waals surface area contributed by atoms with Crippen LogP contribution in [0.25, 0.3) is 0 Å². The van der Waals surface area contributed by atoms with Gasteiger partial charge >= 0.3 is 0 Å². The summed E-state index contributed by atoms with van der Waals surface area (Å²) in [6, 6.07) is 0. The van der Waals surface area contributed by atoms with E-state index in [4.69, 9.17) is 14.2 Å². The van der Waals surface area contributed by atoms with Gasteiger partial charge in [0.15, 0.2) is 0 Å². The van der Waals surface area contributed by atoms with E-state index in [0.717, 1.165) is 0 Å². The molecule has 0 saturated heterocycles. The third-order valence-electron chi connectivity index (χ3n) is 1.53. The second-order valence-corrected chi connectivity index (χ2v) is 5.53. The first-order valence-electron chi connectivity index (χ1n) is 5.56. The predicted molar refractivity (Wildman–Crippen MR) is 62.2 cm³/mol. The van der Waals surface area contributed by atoms with Gasteiger partial charge < -0.3 is 14.2 Å². The summed E-state index contributed by atoms with van der Waals surface area (Å²) in [6.07, 6.45) is 0. The molecule has 0 aromatic rings. The highest BCUT2D eigenvalue weighted by Gasteiger charge is 2.10. The zero-order chi connectivity index (χ0) is 11.9. The Morgan fingerprint density at radius 1 is 0.600 bits per heavy atom. The molecular formula is C12H26O3. The molecule has 0 aliphatic carbocycles. The van der Waals surface area contributed by atoms with Crippen molar-refractivity contribution in [3.05, 3.63) is 0 Å². The van der Waals surface area contributed by atoms with Crippen LogP contribution in [-0.2, 0) is 14.2 Å². The molecule has 3 nitrogen and oxygen atoms in total. The van der Waals surface area contributed by atoms with E-state index >= 15 is 0 Å². The number of hydrogen-bond donors (Lipinski definition) is 0. The van der Waals surface area contributed by atoms with Gasteiger partial charge in [-0.25, -0.2) is 0 Å². The minimum Gasteiger partial charge on any atom is -0.377 e. The third-order valence-corrected chi connectivity index (χ3v) is 1.53. The van der Waals surface area contributed by atoms with Gasteiger partial charge in [0, 0.05) is 0 Å². The first kappa shape index (κ1) is 14.9. The normalized spacial score (nSPS) is 13.2. The molecule has 0 spiro atoms. The lowest BCUT2D eigenvalue weighted by molar-refractivity contribution is -0.0610. The van der Waals surface area contributed by atoms with Crippen molar-refractivity contribution in [1.29, 1.82) is 0 Å². The topological polar surface area (TPSA) is 27.7 Å². The average molecular weight is 218 g/mol. The average Bonchev–Trinajstić information content (AvgIpc) is 1.98. The monoisotopic (exact) mass is 218 g/mol. The van der Waals surface area contributed by atoms with E-state index in [9.17, 15) is 0 Å². The molecule has 0 aromatic carbocycles. The quantitative estimate of drug-likeness (QED) is 0.641. The molecule has 3 heteroatoms. The van der Waals surface area contributed by atoms with Crippen LogP contribution in [0, 0.1) is 0 Å². The zero-order valence-electron chi connectivity index (χ0n) is 11.1. The molecule has 0 atom stereocenters. The van der Waals surface area contributed by atoms with Gasteiger partial charge in [-0.15, -0.1) is 0 Å². The molecule has 92 valence electrons. The molecule has 15 heavy (non-hydrogen) atoms. The van der Waals surface area contributed by atoms with Gasteiger partial charge in [-0.1, -0.05) is 0 Å². The molecule has 0 fully saturated rings. The van der Waals surface area contributed by atoms with E-state index in [-0.39, 0.29) is 11.2 Å². The molecule has 0 unspecified atom stereocenters. The molecule has 0 aliphatic heterocycles. The molecule has 0 heterocycles. The van der Waals surface area contributed by atoms with Crippen LogP contribution in [-0.4, -0.2) is 37.6 Å². The molecule has 0 radical (unpaired) electrons. The molecule has 0 saturated carbocycles. The van der Waals surface area contributed by atoms with E-state index in [0.29, 0.717) is 26.4 Å². The Hall–Kier alpha value is -0.120. The lowest BCUT2D eigenvalue weighted by Crippen LogP contribution is -2.24. The highest BCUT2D eigenvalue weighted by molar-refractivity contribution is 4.59. The van der Waals surface area contributed by atoms with Crippen molar-refractivity contribution in [3.8, 4) is 0 Å². The smallest absolute Gasteiger partial charge is 0.0707 e. The van der Waals surface area contributed by atoms with Crippen LogP contribution in [0.5, 0.6) is 0 Å². The van der Waals surface area contributed by atoms with Gasteiger partial charge in [0.25, 0.3) is 0 Å². The summed E-state index contributed by atoms with van der Waals surface area (Å²) in [5, 5.41) is 0. The standard InChI is InChI=1S/C12H26O3/c1-11(2,3)14-9-7-13-8-10-15-12(4,5)6/h7-10H2,1-6H3. The van der Waals surface area contributed by atoms with Crippen molar-refractivity contribution < 1.29 is 14.2 Å². The van der Waals surface area contributed by atoms with Crippen molar-refractivity contribution in [3.63, 3.8) is 0 Å². The van der Waals surface area contributed by atoms with Gasteiger partial charge in [-0.3, -0.25) is 0 Å². The fraction of sp³-hybridized carbons (Fsp3) is 1.00. The number of ether oxygens (including phenoxy) is 3. The third kappa shape index (κ3) is 13.9. The van der Waals surface area contributed by atoms with Crippen LogP contribution in [0.1, 0.15) is 41.5 Å². The highest BCUT2D eigenvalue weighted by atomic mass is 16.6. The number of rotatable bonds is 6. The fourth-order valence-corrected chi connectivity index (χ4v) is 0.916. The van der Waals surface area contributed by atoms with E-state index in [2.05, 4.69) is 0 Å². The highest BCUT2D eigenvalue weighted by Crippen LogP contribution is 2.06. The minimum atomic E-state index is -0.0781. The van der Waals surface area contributed by atoms with Crippen molar-refractivity contribution >= 4 is 0 Å². The van der Waals surface area contributed by atoms with Crippen LogP contribution in [0.4, 0.5) is 0 Å². The minimum absolute atomic E-state index is 0.0781. The fourth-order valence-electron chi connectivity index (χ4n) is 0.916. The maximum atomic E-state index is 5.51. The molecule has 0 aromatic heterocycles. The maximum Gasteiger partial charge on any atom is 0.0707 e. The van der Waals surface area contributed by atoms with Crippen molar-refractivity contribution in [2.24, 2.45) is 0 Å². The Labute approximate surface area is 94.1 Å². The van der Waals surface area contributed by atoms with Crippen LogP contribution < -0.4 is 0 Å². The van der Waals surface area contributed by atoms with Crippen LogP contribution in [0.3, 0.4) is 0 Å². The largest absolute Gasteiger partial charge is 0.377 e. The van der Waals surface area contributed by atoms with Gasteiger partial charge in [-0.2, -0.15) is 0 Å². The van der Waals surface area contributed by atoms with E-state index in [1.54, 1.807) is 0 Å². The van der Waals surface area contributed by atoms with Crippen molar-refractivity contribution in [1.82, 2.24) is 0 Å². The Morgan fingerprint density at radius 3 is 1.20 bits per heavy atom. The van der Waals surface area contributed by atoms with E-state index < -0.39 is 0 Å². The Morgan fingerprint density at radius 2 is 0.933 bits per heavy atom. The Kier molecular flexibility index (Phi) is 6.41. The summed E-state index contributed by atoms with van der Waals surface area (Å²) in [7, 11) is 0. The lowest BCUT2D eigenvalue weighted by Gasteiger charge is -2.20. The SMILES string of the molecule is CC(C)(C)OCCOCCOC(C)(C)C. The molecular weight excluding hydrogens is 192 g/mol. The summed E-state index contributed by atoms with van der Waals surface area (Å²) in [5.41, 5.74) is -0.156. The second-order valence-electron chi connectivity index (χ2n) is 5.53. The van der Waals surface area contributed by atoms with Crippen molar-refractivity contribution in [2.75, 3.05) is 26.4 Å². The van der Waals surface area contributed by atoms with Gasteiger partial charge in [0.1, 0.15) is 0 Å². The Balaban J connectivity index is 3.20. The molecule has 0 rings (SSSR count). The van der Waals surface area contributed by atoms with Crippen LogP contribution in [0.2, 0.25) is 0 Å². The van der Waals surface area contributed by atoms with Crippen molar-refractivity contribution in [2.45, 2.75) is 52.7 Å². The molecule has 0 aliphatic rings. The summed E-state index contributed by atoms with van der Waals surface area (Å²) >= 11 is 0. The molecule has 0 N–H and O–H groups in total. The van der Waals surface area contributed by atoms with Gasteiger partial charge in [-0.05, 0) is 41.5 Å². The maximum absolute atomic E-state index is 5.51. The molecule has 0 amide bonds. The first-order valence-corrected chi connectivity index (χ1v) is 5.56. The summed E-state index contributed by atoms with van der Waals surface area (Å²) in [4.78, 5) is 0. The Bertz CT molecular complexity index is 135.